The molecule has 5 aliphatic rings. The minimum Gasteiger partial charge on any atom is -0.462 e. The third-order valence-corrected chi connectivity index (χ3v) is 11.6. The summed E-state index contributed by atoms with van der Waals surface area (Å²) in [4.78, 5) is 10.3. The van der Waals surface area contributed by atoms with Crippen LogP contribution in [-0.2, 0) is 42.6 Å². The van der Waals surface area contributed by atoms with Gasteiger partial charge in [-0.05, 0) is 12.1 Å². The first-order valence-corrected chi connectivity index (χ1v) is 20.2. The predicted molar refractivity (Wildman–Crippen MR) is 198 cm³/mol. The Morgan fingerprint density at radius 2 is 0.677 bits per heavy atom. The van der Waals surface area contributed by atoms with E-state index < -0.39 is 191 Å². The molecule has 1 unspecified atom stereocenters. The highest BCUT2D eigenvalue weighted by molar-refractivity contribution is 5.36. The lowest BCUT2D eigenvalue weighted by Crippen LogP contribution is -2.68. The molecule has 0 aliphatic carbocycles. The molecule has 65 heavy (non-hydrogen) atoms. The van der Waals surface area contributed by atoms with E-state index in [2.05, 4.69) is 0 Å². The number of non-ortho nitro benzene ring substituents is 1. The van der Waals surface area contributed by atoms with Crippen LogP contribution in [0.3, 0.4) is 0 Å². The van der Waals surface area contributed by atoms with E-state index in [0.29, 0.717) is 0 Å². The van der Waals surface area contributed by atoms with E-state index in [1.807, 2.05) is 0 Å². The van der Waals surface area contributed by atoms with Crippen molar-refractivity contribution >= 4 is 5.69 Å². The molecule has 29 nitrogen and oxygen atoms in total. The van der Waals surface area contributed by atoms with Gasteiger partial charge in [-0.25, -0.2) is 0 Å². The Kier molecular flexibility index (Phi) is 17.7. The smallest absolute Gasteiger partial charge is 0.269 e. The molecule has 6 rings (SSSR count). The number of ether oxygens (including phenoxy) is 10. The van der Waals surface area contributed by atoms with Crippen LogP contribution in [0.25, 0.3) is 0 Å². The van der Waals surface area contributed by atoms with Crippen molar-refractivity contribution in [2.75, 3.05) is 33.0 Å². The largest absolute Gasteiger partial charge is 0.462 e. The maximum Gasteiger partial charge on any atom is 0.269 e. The van der Waals surface area contributed by atoms with Gasteiger partial charge in [0.25, 0.3) is 5.69 Å². The summed E-state index contributed by atoms with van der Waals surface area (Å²) < 4.78 is 55.6. The third kappa shape index (κ3) is 10.8. The second-order valence-corrected chi connectivity index (χ2v) is 15.8. The van der Waals surface area contributed by atoms with Crippen molar-refractivity contribution in [3.05, 3.63) is 34.4 Å². The standard InChI is InChI=1S/C36H55NO28/c38-5-12-17(43)18(44)23(49)33(57-12)62-29-14(7-40)59-35(25(51)20(29)46)64-31-16(9-42)61-36(27(53)22(31)48)65-30-15(8-41)60-34(26(52)21(30)47)63-28-13(6-39)58-32(24(50)19(28)45)56-11-3-1-10(2-4-11)37(54)55/h1-4,12-36,38-53H,5-9H2/t12-,13-,14-,15-,16-,17+,18+,19-,20-,21-,22-,23-,24-,25-,26-,27-,28-,29-,30-,31-,32?,33+,34-,35-,36-/m1/s1. The van der Waals surface area contributed by atoms with Gasteiger partial charge in [-0.1, -0.05) is 0 Å². The molecule has 5 saturated heterocycles. The number of nitro benzene ring substituents is 1. The topological polar surface area (TPSA) is 459 Å². The maximum atomic E-state index is 11.2. The van der Waals surface area contributed by atoms with Crippen LogP contribution in [-0.4, -0.2) is 273 Å². The van der Waals surface area contributed by atoms with E-state index in [1.165, 1.54) is 12.1 Å². The highest BCUT2D eigenvalue weighted by Crippen LogP contribution is 2.36. The first-order chi connectivity index (χ1) is 30.9. The zero-order chi connectivity index (χ0) is 47.6. The van der Waals surface area contributed by atoms with Crippen molar-refractivity contribution in [1.82, 2.24) is 0 Å². The van der Waals surface area contributed by atoms with Crippen LogP contribution < -0.4 is 4.74 Å². The van der Waals surface area contributed by atoms with E-state index in [1.54, 1.807) is 0 Å². The number of hydrogen-bond acceptors (Lipinski definition) is 28. The Labute approximate surface area is 366 Å². The first kappa shape index (κ1) is 51.8. The summed E-state index contributed by atoms with van der Waals surface area (Å²) in [5.41, 5.74) is -0.267. The summed E-state index contributed by atoms with van der Waals surface area (Å²) in [6.45, 7) is -4.63. The molecule has 1 aromatic carbocycles. The zero-order valence-electron chi connectivity index (χ0n) is 33.8. The van der Waals surface area contributed by atoms with Gasteiger partial charge >= 0.3 is 0 Å². The molecule has 5 fully saturated rings. The van der Waals surface area contributed by atoms with Crippen LogP contribution in [0.1, 0.15) is 0 Å². The van der Waals surface area contributed by atoms with Crippen molar-refractivity contribution in [3.8, 4) is 5.75 Å². The minimum atomic E-state index is -2.15. The van der Waals surface area contributed by atoms with Crippen molar-refractivity contribution in [1.29, 1.82) is 0 Å². The quantitative estimate of drug-likeness (QED) is 0.0540. The summed E-state index contributed by atoms with van der Waals surface area (Å²) in [7, 11) is 0. The lowest BCUT2D eigenvalue weighted by molar-refractivity contribution is -0.392. The van der Waals surface area contributed by atoms with Gasteiger partial charge < -0.3 is 129 Å². The lowest BCUT2D eigenvalue weighted by Gasteiger charge is -2.49. The van der Waals surface area contributed by atoms with Crippen LogP contribution in [0.15, 0.2) is 24.3 Å². The summed E-state index contributed by atoms with van der Waals surface area (Å²) in [5, 5.41) is 180. The summed E-state index contributed by atoms with van der Waals surface area (Å²) in [6, 6.07) is 4.59. The van der Waals surface area contributed by atoms with Crippen LogP contribution in [0.5, 0.6) is 5.75 Å². The SMILES string of the molecule is O=[N+]([O-])c1ccc(OC2O[C@H](CO)[C@@H](O[C@H]3O[C@H](CO)[C@@H](O[C@H]4O[C@H](CO)[C@@H](O[C@H]5O[C@H](CO)[C@@H](O[C@@H]6O[C@H](CO)[C@H](O)[C@H](O)[C@H]6O)[C@H](O)[C@H]5O)[C@H](O)[C@H]4O)[C@H](O)[C@H]3O)[C@H](O)[C@H]2O)cc1. The Hall–Kier alpha value is -2.58. The van der Waals surface area contributed by atoms with Crippen LogP contribution >= 0.6 is 0 Å². The summed E-state index contributed by atoms with van der Waals surface area (Å²) >= 11 is 0. The predicted octanol–water partition coefficient (Wildman–Crippen LogP) is -9.93. The molecule has 29 heteroatoms. The number of aliphatic hydroxyl groups is 16. The molecule has 0 saturated carbocycles. The fraction of sp³-hybridized carbons (Fsp3) is 0.833. The number of nitro groups is 1. The zero-order valence-corrected chi connectivity index (χ0v) is 33.8. The maximum absolute atomic E-state index is 11.2. The molecular weight excluding hydrogens is 894 g/mol. The Morgan fingerprint density at radius 1 is 0.400 bits per heavy atom. The number of nitrogens with zero attached hydrogens (tertiary/aromatic N) is 1. The monoisotopic (exact) mass is 949 g/mol. The van der Waals surface area contributed by atoms with Crippen molar-refractivity contribution in [2.24, 2.45) is 0 Å². The Morgan fingerprint density at radius 3 is 0.985 bits per heavy atom. The van der Waals surface area contributed by atoms with E-state index in [4.69, 9.17) is 47.4 Å². The van der Waals surface area contributed by atoms with Gasteiger partial charge in [0, 0.05) is 12.1 Å². The second kappa shape index (κ2) is 22.2. The number of aliphatic hydroxyl groups excluding tert-OH is 16. The molecule has 5 aliphatic heterocycles. The molecule has 25 atom stereocenters. The molecule has 372 valence electrons. The first-order valence-electron chi connectivity index (χ1n) is 20.2. The molecular formula is C36H55NO28. The molecule has 0 spiro atoms. The van der Waals surface area contributed by atoms with E-state index in [-0.39, 0.29) is 11.4 Å². The van der Waals surface area contributed by atoms with Crippen molar-refractivity contribution < 1.29 is 134 Å². The van der Waals surface area contributed by atoms with E-state index >= 15 is 0 Å². The summed E-state index contributed by atoms with van der Waals surface area (Å²) in [5.74, 6) is -0.0196. The number of rotatable bonds is 16. The fourth-order valence-electron chi connectivity index (χ4n) is 7.90. The minimum absolute atomic E-state index is 0.0196. The Bertz CT molecular complexity index is 1640. The molecule has 16 N–H and O–H groups in total. The molecule has 0 amide bonds. The van der Waals surface area contributed by atoms with Crippen molar-refractivity contribution in [3.63, 3.8) is 0 Å². The van der Waals surface area contributed by atoms with Gasteiger partial charge in [0.15, 0.2) is 25.2 Å². The van der Waals surface area contributed by atoms with Gasteiger partial charge in [0.05, 0.1) is 38.0 Å². The van der Waals surface area contributed by atoms with Gasteiger partial charge in [-0.3, -0.25) is 10.1 Å². The van der Waals surface area contributed by atoms with Gasteiger partial charge in [-0.2, -0.15) is 0 Å². The van der Waals surface area contributed by atoms with Gasteiger partial charge in [0.2, 0.25) is 6.29 Å². The van der Waals surface area contributed by atoms with Crippen LogP contribution in [0.4, 0.5) is 5.69 Å². The molecule has 0 aromatic heterocycles. The number of hydrogen-bond donors (Lipinski definition) is 16. The average Bonchev–Trinajstić information content (AvgIpc) is 3.30. The van der Waals surface area contributed by atoms with Crippen molar-refractivity contribution in [2.45, 2.75) is 154 Å². The molecule has 0 radical (unpaired) electrons. The van der Waals surface area contributed by atoms with Crippen LogP contribution in [0, 0.1) is 10.1 Å². The highest BCUT2D eigenvalue weighted by atomic mass is 16.8. The summed E-state index contributed by atoms with van der Waals surface area (Å²) in [6.07, 6.45) is -46.2. The normalized spacial score (nSPS) is 47.3. The van der Waals surface area contributed by atoms with E-state index in [0.717, 1.165) is 12.1 Å². The van der Waals surface area contributed by atoms with Crippen LogP contribution in [0.2, 0.25) is 0 Å². The second-order valence-electron chi connectivity index (χ2n) is 15.8. The molecule has 1 aromatic rings. The van der Waals surface area contributed by atoms with Gasteiger partial charge in [-0.15, -0.1) is 0 Å². The van der Waals surface area contributed by atoms with E-state index in [9.17, 15) is 91.8 Å². The Balaban J connectivity index is 1.07. The van der Waals surface area contributed by atoms with Gasteiger partial charge in [0.1, 0.15) is 128 Å². The average molecular weight is 950 g/mol. The lowest BCUT2D eigenvalue weighted by atomic mass is 9.95. The fourth-order valence-corrected chi connectivity index (χ4v) is 7.90. The molecule has 0 bridgehead atoms. The molecule has 5 heterocycles. The third-order valence-electron chi connectivity index (χ3n) is 11.6. The highest BCUT2D eigenvalue weighted by Gasteiger charge is 2.56. The number of benzene rings is 1.